The summed E-state index contributed by atoms with van der Waals surface area (Å²) in [5, 5.41) is 0. The molecule has 15 heavy (non-hydrogen) atoms. The van der Waals surface area contributed by atoms with Gasteiger partial charge < -0.3 is 4.74 Å². The minimum atomic E-state index is -0.975. The zero-order valence-corrected chi connectivity index (χ0v) is 9.21. The predicted molar refractivity (Wildman–Crippen MR) is 56.4 cm³/mol. The molecule has 0 atom stereocenters. The lowest BCUT2D eigenvalue weighted by Crippen LogP contribution is -2.35. The number of halogens is 1. The smallest absolute Gasteiger partial charge is 0.196 e. The summed E-state index contributed by atoms with van der Waals surface area (Å²) in [7, 11) is 0. The van der Waals surface area contributed by atoms with E-state index in [0.29, 0.717) is 6.61 Å². The maximum absolute atomic E-state index is 13.3. The Bertz CT molecular complexity index is 358. The van der Waals surface area contributed by atoms with Crippen molar-refractivity contribution in [3.63, 3.8) is 0 Å². The fraction of sp³-hybridized carbons (Fsp3) is 0.417. The molecule has 0 amide bonds. The van der Waals surface area contributed by atoms with Crippen LogP contribution in [0.4, 0.5) is 4.39 Å². The predicted octanol–water partition coefficient (Wildman–Crippen LogP) is 2.82. The van der Waals surface area contributed by atoms with E-state index in [0.717, 1.165) is 0 Å². The summed E-state index contributed by atoms with van der Waals surface area (Å²) in [6.07, 6.45) is 0. The molecule has 0 N–H and O–H groups in total. The van der Waals surface area contributed by atoms with Gasteiger partial charge in [0.05, 0.1) is 5.56 Å². The standard InChI is InChI=1S/C12H15FO2/c1-4-15-12(2,3)11(14)9-7-5-6-8-10(9)13/h5-8H,4H2,1-3H3. The summed E-state index contributed by atoms with van der Waals surface area (Å²) in [6.45, 7) is 5.51. The van der Waals surface area contributed by atoms with Gasteiger partial charge in [0.15, 0.2) is 5.78 Å². The van der Waals surface area contributed by atoms with Crippen LogP contribution < -0.4 is 0 Å². The van der Waals surface area contributed by atoms with E-state index in [9.17, 15) is 9.18 Å². The van der Waals surface area contributed by atoms with Gasteiger partial charge in [-0.15, -0.1) is 0 Å². The monoisotopic (exact) mass is 210 g/mol. The number of carbonyl (C=O) groups is 1. The molecule has 0 spiro atoms. The number of rotatable bonds is 4. The molecule has 1 aromatic rings. The van der Waals surface area contributed by atoms with Gasteiger partial charge in [0, 0.05) is 6.61 Å². The van der Waals surface area contributed by atoms with Crippen molar-refractivity contribution < 1.29 is 13.9 Å². The van der Waals surface area contributed by atoms with Gasteiger partial charge in [0.2, 0.25) is 0 Å². The van der Waals surface area contributed by atoms with Gasteiger partial charge in [-0.2, -0.15) is 0 Å². The van der Waals surface area contributed by atoms with Gasteiger partial charge in [-0.05, 0) is 32.9 Å². The van der Waals surface area contributed by atoms with Gasteiger partial charge in [0.1, 0.15) is 11.4 Å². The highest BCUT2D eigenvalue weighted by Gasteiger charge is 2.30. The van der Waals surface area contributed by atoms with Crippen LogP contribution in [0, 0.1) is 5.82 Å². The Hall–Kier alpha value is -1.22. The highest BCUT2D eigenvalue weighted by Crippen LogP contribution is 2.19. The molecule has 1 rings (SSSR count). The zero-order valence-electron chi connectivity index (χ0n) is 9.21. The molecule has 0 bridgehead atoms. The molecule has 0 radical (unpaired) electrons. The SMILES string of the molecule is CCOC(C)(C)C(=O)c1ccccc1F. The van der Waals surface area contributed by atoms with Crippen LogP contribution in [0.15, 0.2) is 24.3 Å². The van der Waals surface area contributed by atoms with Gasteiger partial charge in [0.25, 0.3) is 0 Å². The quantitative estimate of drug-likeness (QED) is 0.714. The molecule has 2 nitrogen and oxygen atoms in total. The lowest BCUT2D eigenvalue weighted by Gasteiger charge is -2.23. The number of ether oxygens (including phenoxy) is 1. The molecule has 0 unspecified atom stereocenters. The fourth-order valence-electron chi connectivity index (χ4n) is 1.40. The summed E-state index contributed by atoms with van der Waals surface area (Å²) < 4.78 is 18.6. The molecule has 3 heteroatoms. The van der Waals surface area contributed by atoms with Crippen molar-refractivity contribution in [3.8, 4) is 0 Å². The molecule has 0 fully saturated rings. The van der Waals surface area contributed by atoms with E-state index >= 15 is 0 Å². The molecular weight excluding hydrogens is 195 g/mol. The second kappa shape index (κ2) is 4.53. The van der Waals surface area contributed by atoms with Crippen molar-refractivity contribution in [2.45, 2.75) is 26.4 Å². The summed E-state index contributed by atoms with van der Waals surface area (Å²) >= 11 is 0. The summed E-state index contributed by atoms with van der Waals surface area (Å²) in [5.41, 5.74) is -0.896. The minimum absolute atomic E-state index is 0.0796. The van der Waals surface area contributed by atoms with E-state index in [1.54, 1.807) is 32.9 Å². The first-order valence-electron chi connectivity index (χ1n) is 4.92. The van der Waals surface area contributed by atoms with Gasteiger partial charge in [-0.1, -0.05) is 12.1 Å². The molecule has 0 aliphatic heterocycles. The molecule has 82 valence electrons. The lowest BCUT2D eigenvalue weighted by molar-refractivity contribution is 0.000954. The second-order valence-corrected chi connectivity index (χ2v) is 3.75. The van der Waals surface area contributed by atoms with E-state index in [4.69, 9.17) is 4.74 Å². The normalized spacial score (nSPS) is 11.5. The Kier molecular flexibility index (Phi) is 3.58. The van der Waals surface area contributed by atoms with E-state index < -0.39 is 11.4 Å². The Balaban J connectivity index is 2.99. The van der Waals surface area contributed by atoms with E-state index in [-0.39, 0.29) is 11.3 Å². The number of benzene rings is 1. The number of Topliss-reactive ketones (excluding diaryl/α,β-unsaturated/α-hetero) is 1. The van der Waals surface area contributed by atoms with Crippen molar-refractivity contribution in [3.05, 3.63) is 35.6 Å². The molecule has 0 heterocycles. The third kappa shape index (κ3) is 2.63. The Morgan fingerprint density at radius 3 is 2.53 bits per heavy atom. The van der Waals surface area contributed by atoms with E-state index in [2.05, 4.69) is 0 Å². The first kappa shape index (κ1) is 11.9. The lowest BCUT2D eigenvalue weighted by atomic mass is 9.96. The van der Waals surface area contributed by atoms with E-state index in [1.807, 2.05) is 0 Å². The van der Waals surface area contributed by atoms with E-state index in [1.165, 1.54) is 12.1 Å². The molecule has 0 aromatic heterocycles. The third-order valence-corrected chi connectivity index (χ3v) is 2.17. The highest BCUT2D eigenvalue weighted by atomic mass is 19.1. The Morgan fingerprint density at radius 2 is 2.00 bits per heavy atom. The number of carbonyl (C=O) groups excluding carboxylic acids is 1. The average molecular weight is 210 g/mol. The number of hydrogen-bond acceptors (Lipinski definition) is 2. The van der Waals surface area contributed by atoms with Crippen LogP contribution in [0.25, 0.3) is 0 Å². The zero-order chi connectivity index (χ0) is 11.5. The van der Waals surface area contributed by atoms with Gasteiger partial charge in [-0.25, -0.2) is 4.39 Å². The summed E-state index contributed by atoms with van der Waals surface area (Å²) in [6, 6.07) is 5.94. The summed E-state index contributed by atoms with van der Waals surface area (Å²) in [4.78, 5) is 11.9. The van der Waals surface area contributed by atoms with Crippen molar-refractivity contribution in [2.24, 2.45) is 0 Å². The van der Waals surface area contributed by atoms with Crippen LogP contribution in [-0.2, 0) is 4.74 Å². The van der Waals surface area contributed by atoms with Crippen LogP contribution in [-0.4, -0.2) is 18.0 Å². The maximum Gasteiger partial charge on any atom is 0.196 e. The third-order valence-electron chi connectivity index (χ3n) is 2.17. The topological polar surface area (TPSA) is 26.3 Å². The number of hydrogen-bond donors (Lipinski definition) is 0. The van der Waals surface area contributed by atoms with Gasteiger partial charge in [-0.3, -0.25) is 4.79 Å². The second-order valence-electron chi connectivity index (χ2n) is 3.75. The van der Waals surface area contributed by atoms with Crippen LogP contribution in [0.2, 0.25) is 0 Å². The van der Waals surface area contributed by atoms with Crippen molar-refractivity contribution in [1.82, 2.24) is 0 Å². The fourth-order valence-corrected chi connectivity index (χ4v) is 1.40. The average Bonchev–Trinajstić information content (AvgIpc) is 2.17. The van der Waals surface area contributed by atoms with Crippen molar-refractivity contribution >= 4 is 5.78 Å². The largest absolute Gasteiger partial charge is 0.368 e. The first-order chi connectivity index (χ1) is 6.99. The van der Waals surface area contributed by atoms with Crippen molar-refractivity contribution in [2.75, 3.05) is 6.61 Å². The first-order valence-corrected chi connectivity index (χ1v) is 4.92. The van der Waals surface area contributed by atoms with Crippen LogP contribution in [0.3, 0.4) is 0 Å². The van der Waals surface area contributed by atoms with Crippen LogP contribution in [0.1, 0.15) is 31.1 Å². The summed E-state index contributed by atoms with van der Waals surface area (Å²) in [5.74, 6) is -0.835. The number of ketones is 1. The highest BCUT2D eigenvalue weighted by molar-refractivity contribution is 6.02. The van der Waals surface area contributed by atoms with Crippen LogP contribution >= 0.6 is 0 Å². The molecule has 0 aliphatic carbocycles. The maximum atomic E-state index is 13.3. The molecule has 1 aromatic carbocycles. The molecular formula is C12H15FO2. The van der Waals surface area contributed by atoms with Gasteiger partial charge >= 0.3 is 0 Å². The van der Waals surface area contributed by atoms with Crippen LogP contribution in [0.5, 0.6) is 0 Å². The Morgan fingerprint density at radius 1 is 1.40 bits per heavy atom. The van der Waals surface area contributed by atoms with Crippen molar-refractivity contribution in [1.29, 1.82) is 0 Å². The molecule has 0 aliphatic rings. The Labute approximate surface area is 89.1 Å². The minimum Gasteiger partial charge on any atom is -0.368 e. The molecule has 0 saturated carbocycles. The molecule has 0 saturated heterocycles.